The minimum absolute atomic E-state index is 0.363. The molecule has 1 N–H and O–H groups in total. The van der Waals surface area contributed by atoms with Crippen LogP contribution in [-0.2, 0) is 15.3 Å². The molecule has 1 saturated heterocycles. The van der Waals surface area contributed by atoms with Gasteiger partial charge in [-0.2, -0.15) is 0 Å². The van der Waals surface area contributed by atoms with E-state index < -0.39 is 17.5 Å². The van der Waals surface area contributed by atoms with Crippen LogP contribution >= 0.6 is 0 Å². The van der Waals surface area contributed by atoms with Gasteiger partial charge in [0.05, 0.1) is 41.7 Å². The third-order valence-electron chi connectivity index (χ3n) is 6.37. The van der Waals surface area contributed by atoms with Crippen LogP contribution in [0.5, 0.6) is 28.7 Å². The van der Waals surface area contributed by atoms with Gasteiger partial charge >= 0.3 is 0 Å². The van der Waals surface area contributed by atoms with E-state index in [0.717, 1.165) is 5.56 Å². The van der Waals surface area contributed by atoms with Crippen molar-refractivity contribution in [1.82, 2.24) is 0 Å². The van der Waals surface area contributed by atoms with Gasteiger partial charge in [-0.1, -0.05) is 6.92 Å². The van der Waals surface area contributed by atoms with Crippen LogP contribution in [0, 0.1) is 5.92 Å². The van der Waals surface area contributed by atoms with E-state index >= 15 is 0 Å². The average molecular weight is 449 g/mol. The fraction of sp³-hybridized carbons (Fsp3) is 0.500. The summed E-state index contributed by atoms with van der Waals surface area (Å²) >= 11 is 0. The second kappa shape index (κ2) is 9.05. The molecule has 176 valence electrons. The highest BCUT2D eigenvalue weighted by atomic mass is 16.7. The molecule has 0 amide bonds. The Morgan fingerprint density at radius 2 is 1.34 bits per heavy atom. The Morgan fingerprint density at radius 3 is 1.81 bits per heavy atom. The van der Waals surface area contributed by atoms with Crippen LogP contribution in [0.2, 0.25) is 0 Å². The van der Waals surface area contributed by atoms with Gasteiger partial charge in [0.1, 0.15) is 5.60 Å². The summed E-state index contributed by atoms with van der Waals surface area (Å²) in [6.45, 7) is 3.62. The van der Waals surface area contributed by atoms with Crippen molar-refractivity contribution in [3.8, 4) is 28.7 Å². The van der Waals surface area contributed by atoms with Crippen LogP contribution in [-0.4, -0.2) is 53.4 Å². The monoisotopic (exact) mass is 448 g/mol. The summed E-state index contributed by atoms with van der Waals surface area (Å²) < 4.78 is 39.7. The lowest BCUT2D eigenvalue weighted by Gasteiger charge is -2.39. The maximum atomic E-state index is 11.7. The first-order valence-electron chi connectivity index (χ1n) is 10.2. The molecule has 0 spiro atoms. The summed E-state index contributed by atoms with van der Waals surface area (Å²) in [5.74, 6) is 0.722. The van der Waals surface area contributed by atoms with Crippen molar-refractivity contribution in [1.29, 1.82) is 0 Å². The highest BCUT2D eigenvalue weighted by molar-refractivity contribution is 5.55. The summed E-state index contributed by atoms with van der Waals surface area (Å²) in [6, 6.07) is 8.94. The Labute approximate surface area is 188 Å². The molecule has 0 aliphatic carbocycles. The molecule has 0 aromatic heterocycles. The Kier molecular flexibility index (Phi) is 6.78. The van der Waals surface area contributed by atoms with Crippen LogP contribution in [0.4, 0.5) is 0 Å². The molecule has 8 nitrogen and oxygen atoms in total. The van der Waals surface area contributed by atoms with Crippen LogP contribution in [0.1, 0.15) is 31.1 Å². The zero-order chi connectivity index (χ0) is 23.7. The van der Waals surface area contributed by atoms with E-state index in [1.165, 1.54) is 7.11 Å². The Bertz CT molecular complexity index is 932. The zero-order valence-corrected chi connectivity index (χ0v) is 19.8. The highest BCUT2D eigenvalue weighted by Crippen LogP contribution is 2.57. The lowest BCUT2D eigenvalue weighted by atomic mass is 9.79. The predicted octanol–water partition coefficient (Wildman–Crippen LogP) is 3.69. The molecule has 8 heteroatoms. The number of hydrogen-bond donors (Lipinski definition) is 1. The number of hydrogen-bond acceptors (Lipinski definition) is 8. The van der Waals surface area contributed by atoms with Crippen molar-refractivity contribution in [2.45, 2.75) is 31.3 Å². The molecule has 4 atom stereocenters. The quantitative estimate of drug-likeness (QED) is 0.655. The summed E-state index contributed by atoms with van der Waals surface area (Å²) in [7, 11) is 9.28. The van der Waals surface area contributed by atoms with Gasteiger partial charge in [-0.25, -0.2) is 0 Å². The first-order valence-corrected chi connectivity index (χ1v) is 10.2. The smallest absolute Gasteiger partial charge is 0.225 e. The summed E-state index contributed by atoms with van der Waals surface area (Å²) in [5, 5.41) is 11.7. The van der Waals surface area contributed by atoms with Crippen molar-refractivity contribution in [2.75, 3.05) is 42.7 Å². The van der Waals surface area contributed by atoms with E-state index in [1.807, 2.05) is 19.1 Å². The standard InChI is InChI=1S/C24H32O8/c1-14-21(15-11-19(28-5)22(30-7)20(12-15)29-6)32-24(31-8,23(14,2)25)16-9-10-17(26-3)18(13-16)27-4/h9-14,21,25H,1-8H3/t14-,21+,23+,24-/m0/s1. The fourth-order valence-electron chi connectivity index (χ4n) is 4.39. The molecular weight excluding hydrogens is 416 g/mol. The molecule has 0 unspecified atom stereocenters. The number of aliphatic hydroxyl groups is 1. The fourth-order valence-corrected chi connectivity index (χ4v) is 4.39. The van der Waals surface area contributed by atoms with E-state index in [1.54, 1.807) is 60.7 Å². The molecule has 1 heterocycles. The number of rotatable bonds is 8. The molecule has 3 rings (SSSR count). The van der Waals surface area contributed by atoms with Crippen LogP contribution in [0.15, 0.2) is 30.3 Å². The molecule has 2 aromatic rings. The molecule has 0 bridgehead atoms. The summed E-state index contributed by atoms with van der Waals surface area (Å²) in [6.07, 6.45) is -0.535. The van der Waals surface area contributed by atoms with E-state index in [-0.39, 0.29) is 5.92 Å². The van der Waals surface area contributed by atoms with E-state index in [4.69, 9.17) is 33.2 Å². The SMILES string of the molecule is COc1ccc([C@]2(OC)O[C@@H](c3cc(OC)c(OC)c(OC)c3)[C@H](C)[C@@]2(C)O)cc1OC. The molecule has 2 aromatic carbocycles. The second-order valence-electron chi connectivity index (χ2n) is 7.82. The van der Waals surface area contributed by atoms with Crippen LogP contribution in [0.25, 0.3) is 0 Å². The predicted molar refractivity (Wildman–Crippen MR) is 118 cm³/mol. The number of benzene rings is 2. The molecule has 1 fully saturated rings. The van der Waals surface area contributed by atoms with Gasteiger partial charge in [-0.15, -0.1) is 0 Å². The van der Waals surface area contributed by atoms with Gasteiger partial charge in [0.2, 0.25) is 11.5 Å². The maximum absolute atomic E-state index is 11.7. The molecule has 32 heavy (non-hydrogen) atoms. The molecule has 1 aliphatic rings. The highest BCUT2D eigenvalue weighted by Gasteiger charge is 2.63. The maximum Gasteiger partial charge on any atom is 0.225 e. The van der Waals surface area contributed by atoms with Gasteiger partial charge in [-0.3, -0.25) is 0 Å². The Hall–Kier alpha value is -2.68. The lowest BCUT2D eigenvalue weighted by molar-refractivity contribution is -0.286. The van der Waals surface area contributed by atoms with Gasteiger partial charge in [0.15, 0.2) is 23.0 Å². The average Bonchev–Trinajstić information content (AvgIpc) is 3.03. The van der Waals surface area contributed by atoms with Crippen molar-refractivity contribution < 1.29 is 38.3 Å². The van der Waals surface area contributed by atoms with E-state index in [2.05, 4.69) is 0 Å². The molecule has 0 saturated carbocycles. The third kappa shape index (κ3) is 3.52. The van der Waals surface area contributed by atoms with Gasteiger partial charge < -0.3 is 38.3 Å². The molecular formula is C24H32O8. The normalized spacial score (nSPS) is 27.2. The molecule has 1 aliphatic heterocycles. The number of ether oxygens (including phenoxy) is 7. The largest absolute Gasteiger partial charge is 0.493 e. The van der Waals surface area contributed by atoms with Crippen LogP contribution < -0.4 is 23.7 Å². The second-order valence-corrected chi connectivity index (χ2v) is 7.82. The van der Waals surface area contributed by atoms with Gasteiger partial charge in [0, 0.05) is 18.6 Å². The number of methoxy groups -OCH3 is 6. The Balaban J connectivity index is 2.14. The lowest BCUT2D eigenvalue weighted by Crippen LogP contribution is -2.50. The zero-order valence-electron chi connectivity index (χ0n) is 19.8. The van der Waals surface area contributed by atoms with Crippen molar-refractivity contribution in [3.05, 3.63) is 41.5 Å². The van der Waals surface area contributed by atoms with Crippen molar-refractivity contribution >= 4 is 0 Å². The van der Waals surface area contributed by atoms with Crippen molar-refractivity contribution in [3.63, 3.8) is 0 Å². The first-order chi connectivity index (χ1) is 15.2. The van der Waals surface area contributed by atoms with E-state index in [9.17, 15) is 5.11 Å². The van der Waals surface area contributed by atoms with Gasteiger partial charge in [-0.05, 0) is 42.8 Å². The minimum Gasteiger partial charge on any atom is -0.493 e. The summed E-state index contributed by atoms with van der Waals surface area (Å²) in [5.41, 5.74) is -0.0389. The topological polar surface area (TPSA) is 84.8 Å². The summed E-state index contributed by atoms with van der Waals surface area (Å²) in [4.78, 5) is 0. The van der Waals surface area contributed by atoms with E-state index in [0.29, 0.717) is 34.3 Å². The Morgan fingerprint density at radius 1 is 0.781 bits per heavy atom. The third-order valence-corrected chi connectivity index (χ3v) is 6.37. The first kappa shape index (κ1) is 24.0. The minimum atomic E-state index is -1.46. The van der Waals surface area contributed by atoms with Crippen LogP contribution in [0.3, 0.4) is 0 Å². The van der Waals surface area contributed by atoms with Gasteiger partial charge in [0.25, 0.3) is 0 Å². The van der Waals surface area contributed by atoms with Crippen molar-refractivity contribution in [2.24, 2.45) is 5.92 Å². The molecule has 0 radical (unpaired) electrons.